The first-order valence-corrected chi connectivity index (χ1v) is 10.1. The predicted molar refractivity (Wildman–Crippen MR) is 93.3 cm³/mol. The Labute approximate surface area is 146 Å². The van der Waals surface area contributed by atoms with E-state index in [0.717, 1.165) is 38.5 Å². The fraction of sp³-hybridized carbons (Fsp3) is 0.952. The van der Waals surface area contributed by atoms with Crippen molar-refractivity contribution >= 4 is 5.78 Å². The van der Waals surface area contributed by atoms with Gasteiger partial charge in [-0.1, -0.05) is 13.8 Å². The van der Waals surface area contributed by atoms with Gasteiger partial charge in [0.05, 0.1) is 12.2 Å². The minimum absolute atomic E-state index is 0.00376. The summed E-state index contributed by atoms with van der Waals surface area (Å²) in [5.41, 5.74) is 0.182. The van der Waals surface area contributed by atoms with Crippen LogP contribution in [0.25, 0.3) is 0 Å². The van der Waals surface area contributed by atoms with Gasteiger partial charge >= 0.3 is 0 Å². The molecule has 136 valence electrons. The standard InChI is InChI=1S/C21H34O3/c1-12(22)16-6-7-17-15-5-4-13-10-14(23)8-9-20(13,2)19(15)18(24)11-21(16,17)3/h13-19,23-24H,4-11H2,1-3H3/t13-,14+,15-,16-,17+,18+,19+,20-,21+/m0/s1. The average molecular weight is 335 g/mol. The fourth-order valence-corrected chi connectivity index (χ4v) is 8.03. The SMILES string of the molecule is CC(=O)[C@@H]1CC[C@@H]2[C@@H]3CC[C@H]4C[C@H](O)CC[C@]4(C)[C@H]3[C@H](O)C[C@@]21C. The average Bonchev–Trinajstić information content (AvgIpc) is 2.84. The van der Waals surface area contributed by atoms with Gasteiger partial charge < -0.3 is 10.2 Å². The molecule has 4 aliphatic rings. The molecule has 0 aromatic heterocycles. The lowest BCUT2D eigenvalue weighted by Gasteiger charge is -2.62. The van der Waals surface area contributed by atoms with Gasteiger partial charge in [0, 0.05) is 5.92 Å². The summed E-state index contributed by atoms with van der Waals surface area (Å²) >= 11 is 0. The molecule has 0 spiro atoms. The third kappa shape index (κ3) is 2.19. The number of carbonyl (C=O) groups excluding carboxylic acids is 1. The number of hydrogen-bond donors (Lipinski definition) is 2. The van der Waals surface area contributed by atoms with Crippen LogP contribution in [0.3, 0.4) is 0 Å². The maximum Gasteiger partial charge on any atom is 0.133 e. The lowest BCUT2D eigenvalue weighted by Crippen LogP contribution is -2.59. The molecule has 4 fully saturated rings. The van der Waals surface area contributed by atoms with Crippen molar-refractivity contribution in [3.05, 3.63) is 0 Å². The summed E-state index contributed by atoms with van der Waals surface area (Å²) in [5.74, 6) is 2.58. The first kappa shape index (κ1) is 17.0. The van der Waals surface area contributed by atoms with Gasteiger partial charge in [0.15, 0.2) is 0 Å². The van der Waals surface area contributed by atoms with Crippen LogP contribution < -0.4 is 0 Å². The molecular weight excluding hydrogens is 300 g/mol. The van der Waals surface area contributed by atoms with Crippen LogP contribution in [0.5, 0.6) is 0 Å². The van der Waals surface area contributed by atoms with E-state index < -0.39 is 0 Å². The molecule has 3 nitrogen and oxygen atoms in total. The summed E-state index contributed by atoms with van der Waals surface area (Å²) < 4.78 is 0. The zero-order chi connectivity index (χ0) is 17.3. The molecule has 24 heavy (non-hydrogen) atoms. The van der Waals surface area contributed by atoms with E-state index in [4.69, 9.17) is 0 Å². The zero-order valence-electron chi connectivity index (χ0n) is 15.5. The summed E-state index contributed by atoms with van der Waals surface area (Å²) in [6.07, 6.45) is 7.80. The van der Waals surface area contributed by atoms with E-state index in [2.05, 4.69) is 13.8 Å². The second-order valence-electron chi connectivity index (χ2n) is 10.0. The largest absolute Gasteiger partial charge is 0.393 e. The van der Waals surface area contributed by atoms with Crippen LogP contribution in [0.15, 0.2) is 0 Å². The summed E-state index contributed by atoms with van der Waals surface area (Å²) in [5, 5.41) is 21.3. The van der Waals surface area contributed by atoms with Gasteiger partial charge in [-0.25, -0.2) is 0 Å². The maximum absolute atomic E-state index is 12.2. The molecule has 0 bridgehead atoms. The fourth-order valence-electron chi connectivity index (χ4n) is 8.03. The summed E-state index contributed by atoms with van der Waals surface area (Å²) in [6, 6.07) is 0. The number of rotatable bonds is 1. The van der Waals surface area contributed by atoms with Crippen molar-refractivity contribution in [2.24, 2.45) is 40.4 Å². The third-order valence-corrected chi connectivity index (χ3v) is 9.06. The molecule has 0 saturated heterocycles. The molecule has 4 rings (SSSR count). The van der Waals surface area contributed by atoms with Crippen LogP contribution >= 0.6 is 0 Å². The number of aliphatic hydroxyl groups excluding tert-OH is 2. The van der Waals surface area contributed by atoms with Crippen LogP contribution in [0, 0.1) is 40.4 Å². The lowest BCUT2D eigenvalue weighted by atomic mass is 9.44. The molecule has 0 radical (unpaired) electrons. The Kier molecular flexibility index (Phi) is 3.93. The molecule has 9 atom stereocenters. The van der Waals surface area contributed by atoms with Crippen LogP contribution in [-0.4, -0.2) is 28.2 Å². The molecular formula is C21H34O3. The van der Waals surface area contributed by atoms with E-state index in [1.54, 1.807) is 6.92 Å². The van der Waals surface area contributed by atoms with Crippen LogP contribution in [0.1, 0.15) is 72.1 Å². The predicted octanol–water partition coefficient (Wildman–Crippen LogP) is 3.57. The molecule has 4 aliphatic carbocycles. The Balaban J connectivity index is 1.67. The molecule has 0 aromatic rings. The monoisotopic (exact) mass is 334 g/mol. The number of Topliss-reactive ketones (excluding diaryl/α,β-unsaturated/α-hetero) is 1. The van der Waals surface area contributed by atoms with Gasteiger partial charge in [-0.2, -0.15) is 0 Å². The van der Waals surface area contributed by atoms with E-state index in [0.29, 0.717) is 29.5 Å². The van der Waals surface area contributed by atoms with Crippen LogP contribution in [0.4, 0.5) is 0 Å². The van der Waals surface area contributed by atoms with E-state index in [1.165, 1.54) is 12.8 Å². The highest BCUT2D eigenvalue weighted by Gasteiger charge is 2.63. The first-order valence-electron chi connectivity index (χ1n) is 10.1. The first-order chi connectivity index (χ1) is 11.3. The Morgan fingerprint density at radius 3 is 2.46 bits per heavy atom. The second kappa shape index (κ2) is 5.54. The van der Waals surface area contributed by atoms with E-state index in [-0.39, 0.29) is 29.0 Å². The molecule has 4 saturated carbocycles. The zero-order valence-corrected chi connectivity index (χ0v) is 15.5. The van der Waals surface area contributed by atoms with E-state index >= 15 is 0 Å². The number of hydrogen-bond acceptors (Lipinski definition) is 3. The van der Waals surface area contributed by atoms with Crippen molar-refractivity contribution in [3.8, 4) is 0 Å². The van der Waals surface area contributed by atoms with Crippen molar-refractivity contribution in [2.45, 2.75) is 84.3 Å². The van der Waals surface area contributed by atoms with Crippen molar-refractivity contribution < 1.29 is 15.0 Å². The van der Waals surface area contributed by atoms with Crippen molar-refractivity contribution in [3.63, 3.8) is 0 Å². The highest BCUT2D eigenvalue weighted by molar-refractivity contribution is 5.79. The normalized spacial score (nSPS) is 57.0. The van der Waals surface area contributed by atoms with Gasteiger partial charge in [-0.05, 0) is 92.8 Å². The molecule has 2 N–H and O–H groups in total. The maximum atomic E-state index is 12.2. The van der Waals surface area contributed by atoms with Gasteiger partial charge in [0.2, 0.25) is 0 Å². The Morgan fingerprint density at radius 2 is 1.75 bits per heavy atom. The molecule has 0 heterocycles. The highest BCUT2D eigenvalue weighted by atomic mass is 16.3. The second-order valence-corrected chi connectivity index (χ2v) is 10.0. The number of aliphatic hydroxyl groups is 2. The molecule has 3 heteroatoms. The topological polar surface area (TPSA) is 57.5 Å². The number of fused-ring (bicyclic) bond motifs is 5. The lowest BCUT2D eigenvalue weighted by molar-refractivity contribution is -0.178. The minimum Gasteiger partial charge on any atom is -0.393 e. The van der Waals surface area contributed by atoms with Gasteiger partial charge in [0.25, 0.3) is 0 Å². The van der Waals surface area contributed by atoms with Crippen molar-refractivity contribution in [1.82, 2.24) is 0 Å². The summed E-state index contributed by atoms with van der Waals surface area (Å²) in [6.45, 7) is 6.43. The van der Waals surface area contributed by atoms with E-state index in [9.17, 15) is 15.0 Å². The summed E-state index contributed by atoms with van der Waals surface area (Å²) in [4.78, 5) is 12.2. The Bertz CT molecular complexity index is 531. The van der Waals surface area contributed by atoms with Gasteiger partial charge in [-0.15, -0.1) is 0 Å². The van der Waals surface area contributed by atoms with Gasteiger partial charge in [0.1, 0.15) is 5.78 Å². The Morgan fingerprint density at radius 1 is 1.00 bits per heavy atom. The molecule has 0 unspecified atom stereocenters. The third-order valence-electron chi connectivity index (χ3n) is 9.06. The smallest absolute Gasteiger partial charge is 0.133 e. The molecule has 0 amide bonds. The quantitative estimate of drug-likeness (QED) is 0.771. The summed E-state index contributed by atoms with van der Waals surface area (Å²) in [7, 11) is 0. The molecule has 0 aromatic carbocycles. The van der Waals surface area contributed by atoms with Gasteiger partial charge in [-0.3, -0.25) is 4.79 Å². The van der Waals surface area contributed by atoms with Crippen LogP contribution in [0.2, 0.25) is 0 Å². The molecule has 0 aliphatic heterocycles. The van der Waals surface area contributed by atoms with Crippen molar-refractivity contribution in [1.29, 1.82) is 0 Å². The Hall–Kier alpha value is -0.410. The van der Waals surface area contributed by atoms with E-state index in [1.807, 2.05) is 0 Å². The van der Waals surface area contributed by atoms with Crippen LogP contribution in [-0.2, 0) is 4.79 Å². The minimum atomic E-state index is -0.278. The highest BCUT2D eigenvalue weighted by Crippen LogP contribution is 2.67. The number of ketones is 1. The number of carbonyl (C=O) groups is 1. The van der Waals surface area contributed by atoms with Crippen molar-refractivity contribution in [2.75, 3.05) is 0 Å².